The monoisotopic (exact) mass is 291 g/mol. The minimum Gasteiger partial charge on any atom is -0.289 e. The van der Waals surface area contributed by atoms with Crippen LogP contribution in [0.1, 0.15) is 12.6 Å². The van der Waals surface area contributed by atoms with Crippen LogP contribution in [0.2, 0.25) is 5.02 Å². The summed E-state index contributed by atoms with van der Waals surface area (Å²) in [5, 5.41) is 6.37. The predicted octanol–water partition coefficient (Wildman–Crippen LogP) is 1.95. The normalized spacial score (nSPS) is 24.7. The van der Waals surface area contributed by atoms with Crippen LogP contribution in [0, 0.1) is 5.82 Å². The number of nitrogens with zero attached hydrogens (tertiary/aromatic N) is 3. The fourth-order valence-corrected chi connectivity index (χ4v) is 3.49. The smallest absolute Gasteiger partial charge is 0.152 e. The second-order valence-corrected chi connectivity index (χ2v) is 7.23. The lowest BCUT2D eigenvalue weighted by Crippen LogP contribution is -2.37. The molecule has 0 bridgehead atoms. The van der Waals surface area contributed by atoms with E-state index in [-0.39, 0.29) is 25.4 Å². The molecule has 1 aliphatic rings. The molecule has 0 saturated heterocycles. The largest absolute Gasteiger partial charge is 0.289 e. The highest BCUT2D eigenvalue weighted by Crippen LogP contribution is 2.19. The summed E-state index contributed by atoms with van der Waals surface area (Å²) < 4.78 is 13.8. The van der Waals surface area contributed by atoms with Crippen molar-refractivity contribution in [3.63, 3.8) is 0 Å². The van der Waals surface area contributed by atoms with Crippen molar-refractivity contribution in [2.45, 2.75) is 12.2 Å². The molecule has 2 rings (SSSR count). The summed E-state index contributed by atoms with van der Waals surface area (Å²) in [6.07, 6.45) is 1.42. The highest BCUT2D eigenvalue weighted by atomic mass is 35.5. The van der Waals surface area contributed by atoms with Gasteiger partial charge in [0.15, 0.2) is 5.82 Å². The molecule has 0 radical (unpaired) electrons. The molecule has 1 aromatic rings. The molecule has 0 spiro atoms. The van der Waals surface area contributed by atoms with E-state index in [2.05, 4.69) is 10.1 Å². The molecule has 0 N–H and O–H groups in total. The van der Waals surface area contributed by atoms with Gasteiger partial charge in [0, 0.05) is 13.2 Å². The Labute approximate surface area is 111 Å². The Kier molecular flexibility index (Phi) is 3.75. The van der Waals surface area contributed by atoms with Gasteiger partial charge in [0.25, 0.3) is 0 Å². The van der Waals surface area contributed by atoms with Crippen molar-refractivity contribution in [1.82, 2.24) is 9.99 Å². The van der Waals surface area contributed by atoms with Crippen LogP contribution in [0.15, 0.2) is 17.4 Å². The Morgan fingerprint density at radius 1 is 1.65 bits per heavy atom. The van der Waals surface area contributed by atoms with Crippen molar-refractivity contribution >= 4 is 38.0 Å². The fraction of sp³-hybridized carbons (Fsp3) is 0.400. The number of hydrazone groups is 1. The molecule has 0 aromatic carbocycles. The second kappa shape index (κ2) is 4.96. The van der Waals surface area contributed by atoms with E-state index in [1.807, 2.05) is 14.0 Å². The first-order valence-corrected chi connectivity index (χ1v) is 7.73. The molecule has 1 aromatic heterocycles. The first-order chi connectivity index (χ1) is 7.99. The average Bonchev–Trinajstić information content (AvgIpc) is 2.24. The van der Waals surface area contributed by atoms with Crippen LogP contribution < -0.4 is 0 Å². The number of halogens is 2. The van der Waals surface area contributed by atoms with Crippen LogP contribution >= 0.6 is 11.6 Å². The minimum atomic E-state index is -0.453. The van der Waals surface area contributed by atoms with E-state index in [0.29, 0.717) is 5.71 Å². The second-order valence-electron chi connectivity index (χ2n) is 3.78. The molecular formula is C10H11ClFN3S2. The van der Waals surface area contributed by atoms with Crippen LogP contribution in [0.3, 0.4) is 0 Å². The molecule has 2 heterocycles. The summed E-state index contributed by atoms with van der Waals surface area (Å²) in [5.74, 6) is 0.264. The molecule has 0 fully saturated rings. The van der Waals surface area contributed by atoms with E-state index in [9.17, 15) is 4.39 Å². The molecule has 17 heavy (non-hydrogen) atoms. The number of pyridine rings is 1. The third-order valence-corrected chi connectivity index (χ3v) is 5.45. The molecule has 1 aliphatic heterocycles. The zero-order chi connectivity index (χ0) is 12.6. The van der Waals surface area contributed by atoms with E-state index >= 15 is 0 Å². The SMILES string of the molecule is CC1C(c2ncc(Cl)cc2F)=NN(C)CS1=S. The van der Waals surface area contributed by atoms with Crippen LogP contribution in [-0.2, 0) is 20.6 Å². The Bertz CT molecular complexity index is 506. The summed E-state index contributed by atoms with van der Waals surface area (Å²) in [5.41, 5.74) is 0.849. The lowest BCUT2D eigenvalue weighted by atomic mass is 10.2. The lowest BCUT2D eigenvalue weighted by molar-refractivity contribution is 0.412. The minimum absolute atomic E-state index is 0.0318. The van der Waals surface area contributed by atoms with Crippen molar-refractivity contribution in [2.75, 3.05) is 12.9 Å². The van der Waals surface area contributed by atoms with Crippen molar-refractivity contribution in [2.24, 2.45) is 5.10 Å². The third-order valence-electron chi connectivity index (χ3n) is 2.42. The summed E-state index contributed by atoms with van der Waals surface area (Å²) >= 11 is 11.0. The topological polar surface area (TPSA) is 28.5 Å². The summed E-state index contributed by atoms with van der Waals surface area (Å²) in [6, 6.07) is 1.25. The van der Waals surface area contributed by atoms with E-state index in [1.54, 1.807) is 5.01 Å². The number of aromatic nitrogens is 1. The molecule has 0 amide bonds. The zero-order valence-electron chi connectivity index (χ0n) is 9.35. The quantitative estimate of drug-likeness (QED) is 0.792. The van der Waals surface area contributed by atoms with Gasteiger partial charge in [0.05, 0.1) is 16.1 Å². The molecular weight excluding hydrogens is 281 g/mol. The molecule has 7 heteroatoms. The van der Waals surface area contributed by atoms with Crippen molar-refractivity contribution in [3.8, 4) is 0 Å². The van der Waals surface area contributed by atoms with Crippen LogP contribution in [0.4, 0.5) is 4.39 Å². The van der Waals surface area contributed by atoms with E-state index in [0.717, 1.165) is 5.88 Å². The Morgan fingerprint density at radius 2 is 2.35 bits per heavy atom. The van der Waals surface area contributed by atoms with Gasteiger partial charge in [-0.25, -0.2) is 4.39 Å². The Hall–Kier alpha value is -0.590. The summed E-state index contributed by atoms with van der Waals surface area (Å²) in [6.45, 7) is 1.96. The van der Waals surface area contributed by atoms with Gasteiger partial charge in [-0.05, 0) is 24.2 Å². The van der Waals surface area contributed by atoms with Gasteiger partial charge in [-0.2, -0.15) is 5.10 Å². The predicted molar refractivity (Wildman–Crippen MR) is 72.6 cm³/mol. The molecule has 3 nitrogen and oxygen atoms in total. The maximum Gasteiger partial charge on any atom is 0.152 e. The maximum absolute atomic E-state index is 13.8. The third kappa shape index (κ3) is 2.64. The Morgan fingerprint density at radius 3 is 3.00 bits per heavy atom. The lowest BCUT2D eigenvalue weighted by Gasteiger charge is -2.27. The number of hydrogen-bond acceptors (Lipinski definition) is 4. The van der Waals surface area contributed by atoms with Gasteiger partial charge in [-0.15, -0.1) is 0 Å². The van der Waals surface area contributed by atoms with Gasteiger partial charge in [0.2, 0.25) is 0 Å². The summed E-state index contributed by atoms with van der Waals surface area (Å²) in [7, 11) is 1.55. The van der Waals surface area contributed by atoms with Gasteiger partial charge in [0.1, 0.15) is 11.4 Å². The van der Waals surface area contributed by atoms with E-state index < -0.39 is 5.82 Å². The van der Waals surface area contributed by atoms with Gasteiger partial charge in [-0.1, -0.05) is 21.1 Å². The maximum atomic E-state index is 13.8. The van der Waals surface area contributed by atoms with E-state index in [1.165, 1.54) is 12.3 Å². The van der Waals surface area contributed by atoms with Gasteiger partial charge < -0.3 is 0 Å². The average molecular weight is 292 g/mol. The fourth-order valence-electron chi connectivity index (χ4n) is 1.56. The molecule has 2 atom stereocenters. The number of rotatable bonds is 1. The number of hydrogen-bond donors (Lipinski definition) is 0. The van der Waals surface area contributed by atoms with Gasteiger partial charge >= 0.3 is 0 Å². The summed E-state index contributed by atoms with van der Waals surface area (Å²) in [4.78, 5) is 4.01. The van der Waals surface area contributed by atoms with Gasteiger partial charge in [-0.3, -0.25) is 9.99 Å². The van der Waals surface area contributed by atoms with Crippen molar-refractivity contribution in [1.29, 1.82) is 0 Å². The zero-order valence-corrected chi connectivity index (χ0v) is 11.7. The molecule has 92 valence electrons. The highest BCUT2D eigenvalue weighted by molar-refractivity contribution is 8.29. The first-order valence-electron chi connectivity index (χ1n) is 4.97. The Balaban J connectivity index is 2.48. The van der Waals surface area contributed by atoms with E-state index in [4.69, 9.17) is 22.8 Å². The molecule has 2 unspecified atom stereocenters. The van der Waals surface area contributed by atoms with Crippen LogP contribution in [0.5, 0.6) is 0 Å². The molecule has 0 aliphatic carbocycles. The van der Waals surface area contributed by atoms with Crippen molar-refractivity contribution < 1.29 is 4.39 Å². The first kappa shape index (κ1) is 12.9. The highest BCUT2D eigenvalue weighted by Gasteiger charge is 2.26. The molecule has 0 saturated carbocycles. The van der Waals surface area contributed by atoms with Crippen LogP contribution in [0.25, 0.3) is 0 Å². The van der Waals surface area contributed by atoms with Crippen LogP contribution in [-0.4, -0.2) is 33.9 Å². The standard InChI is InChI=1S/C10H11ClFN3S2/c1-6-9(14-15(2)5-17(6)16)10-8(12)3-7(11)4-13-10/h3-4,6H,5H2,1-2H3. The van der Waals surface area contributed by atoms with Crippen molar-refractivity contribution in [3.05, 3.63) is 28.8 Å².